The summed E-state index contributed by atoms with van der Waals surface area (Å²) in [6.45, 7) is 2.79. The third kappa shape index (κ3) is 1.53. The molecule has 0 spiro atoms. The number of rotatable bonds is 1. The maximum Gasteiger partial charge on any atom is 0.220 e. The van der Waals surface area contributed by atoms with Crippen LogP contribution in [0, 0.1) is 0 Å². The van der Waals surface area contributed by atoms with Crippen molar-refractivity contribution < 1.29 is 9.47 Å². The van der Waals surface area contributed by atoms with Gasteiger partial charge in [0.15, 0.2) is 0 Å². The molecule has 0 radical (unpaired) electrons. The second-order valence-electron chi connectivity index (χ2n) is 3.34. The highest BCUT2D eigenvalue weighted by Gasteiger charge is 2.30. The summed E-state index contributed by atoms with van der Waals surface area (Å²) in [6.07, 6.45) is 0. The zero-order valence-electron chi connectivity index (χ0n) is 7.62. The van der Waals surface area contributed by atoms with E-state index in [0.29, 0.717) is 13.2 Å². The summed E-state index contributed by atoms with van der Waals surface area (Å²) < 4.78 is 11.1. The molecule has 0 fully saturated rings. The molecule has 0 aromatic heterocycles. The maximum absolute atomic E-state index is 5.62. The number of hydrogen-bond acceptors (Lipinski definition) is 3. The van der Waals surface area contributed by atoms with E-state index >= 15 is 0 Å². The van der Waals surface area contributed by atoms with E-state index in [9.17, 15) is 0 Å². The minimum absolute atomic E-state index is 0.362. The predicted octanol–water partition coefficient (Wildman–Crippen LogP) is 1.27. The van der Waals surface area contributed by atoms with Gasteiger partial charge in [0.2, 0.25) is 5.79 Å². The van der Waals surface area contributed by atoms with Crippen LogP contribution in [0.15, 0.2) is 24.3 Å². The molecule has 1 aliphatic rings. The molecule has 0 bridgehead atoms. The lowest BCUT2D eigenvalue weighted by molar-refractivity contribution is -0.185. The Hall–Kier alpha value is -1.06. The van der Waals surface area contributed by atoms with Crippen molar-refractivity contribution in [1.82, 2.24) is 0 Å². The SMILES string of the molecule is CC1(CN)OCc2ccccc2O1. The Morgan fingerprint density at radius 2 is 2.23 bits per heavy atom. The zero-order chi connectivity index (χ0) is 9.31. The van der Waals surface area contributed by atoms with Crippen LogP contribution in [0.25, 0.3) is 0 Å². The average Bonchev–Trinajstić information content (AvgIpc) is 2.18. The first kappa shape index (κ1) is 8.53. The van der Waals surface area contributed by atoms with Gasteiger partial charge in [-0.3, -0.25) is 0 Å². The lowest BCUT2D eigenvalue weighted by Gasteiger charge is -2.34. The van der Waals surface area contributed by atoms with Crippen LogP contribution in [0.4, 0.5) is 0 Å². The molecular formula is C10H13NO2. The third-order valence-corrected chi connectivity index (χ3v) is 2.20. The molecule has 2 N–H and O–H groups in total. The van der Waals surface area contributed by atoms with E-state index in [4.69, 9.17) is 15.2 Å². The quantitative estimate of drug-likeness (QED) is 0.706. The van der Waals surface area contributed by atoms with Crippen molar-refractivity contribution in [2.24, 2.45) is 5.73 Å². The van der Waals surface area contributed by atoms with E-state index in [0.717, 1.165) is 11.3 Å². The van der Waals surface area contributed by atoms with Crippen LogP contribution in [-0.2, 0) is 11.3 Å². The van der Waals surface area contributed by atoms with Crippen molar-refractivity contribution in [2.75, 3.05) is 6.54 Å². The lowest BCUT2D eigenvalue weighted by atomic mass is 10.1. The molecule has 2 rings (SSSR count). The highest BCUT2D eigenvalue weighted by atomic mass is 16.7. The molecule has 70 valence electrons. The minimum atomic E-state index is -0.658. The Morgan fingerprint density at radius 1 is 1.46 bits per heavy atom. The molecule has 1 atom stereocenters. The minimum Gasteiger partial charge on any atom is -0.461 e. The molecule has 0 saturated heterocycles. The average molecular weight is 179 g/mol. The largest absolute Gasteiger partial charge is 0.461 e. The fourth-order valence-corrected chi connectivity index (χ4v) is 1.32. The Labute approximate surface area is 77.5 Å². The van der Waals surface area contributed by atoms with Crippen LogP contribution in [0.3, 0.4) is 0 Å². The first-order valence-corrected chi connectivity index (χ1v) is 4.34. The van der Waals surface area contributed by atoms with Gasteiger partial charge in [-0.1, -0.05) is 18.2 Å². The standard InChI is InChI=1S/C10H13NO2/c1-10(7-11)12-6-8-4-2-3-5-9(8)13-10/h2-5H,6-7,11H2,1H3. The molecule has 3 heteroatoms. The first-order chi connectivity index (χ1) is 6.23. The van der Waals surface area contributed by atoms with Crippen molar-refractivity contribution in [3.05, 3.63) is 29.8 Å². The van der Waals surface area contributed by atoms with Gasteiger partial charge in [0.25, 0.3) is 0 Å². The van der Waals surface area contributed by atoms with Crippen LogP contribution < -0.4 is 10.5 Å². The van der Waals surface area contributed by atoms with E-state index in [2.05, 4.69) is 0 Å². The maximum atomic E-state index is 5.62. The molecule has 1 aromatic rings. The summed E-state index contributed by atoms with van der Waals surface area (Å²) in [5.74, 6) is 0.218. The molecule has 13 heavy (non-hydrogen) atoms. The van der Waals surface area contributed by atoms with Gasteiger partial charge < -0.3 is 15.2 Å². The molecule has 1 heterocycles. The topological polar surface area (TPSA) is 44.5 Å². The summed E-state index contributed by atoms with van der Waals surface area (Å²) in [5.41, 5.74) is 6.62. The van der Waals surface area contributed by atoms with Crippen LogP contribution in [0.1, 0.15) is 12.5 Å². The number of fused-ring (bicyclic) bond motifs is 1. The first-order valence-electron chi connectivity index (χ1n) is 4.34. The van der Waals surface area contributed by atoms with Crippen molar-refractivity contribution in [3.8, 4) is 5.75 Å². The number of ether oxygens (including phenoxy) is 2. The van der Waals surface area contributed by atoms with Crippen molar-refractivity contribution in [2.45, 2.75) is 19.3 Å². The van der Waals surface area contributed by atoms with E-state index in [1.807, 2.05) is 31.2 Å². The molecule has 1 aliphatic heterocycles. The highest BCUT2D eigenvalue weighted by Crippen LogP contribution is 2.30. The molecule has 1 unspecified atom stereocenters. The molecule has 1 aromatic carbocycles. The smallest absolute Gasteiger partial charge is 0.220 e. The summed E-state index contributed by atoms with van der Waals surface area (Å²) >= 11 is 0. The zero-order valence-corrected chi connectivity index (χ0v) is 7.62. The number of para-hydroxylation sites is 1. The summed E-state index contributed by atoms with van der Waals surface area (Å²) in [5, 5.41) is 0. The monoisotopic (exact) mass is 179 g/mol. The van der Waals surface area contributed by atoms with Crippen LogP contribution in [0.5, 0.6) is 5.75 Å². The predicted molar refractivity (Wildman–Crippen MR) is 49.3 cm³/mol. The Bertz CT molecular complexity index is 314. The molecule has 0 aliphatic carbocycles. The van der Waals surface area contributed by atoms with Crippen molar-refractivity contribution in [3.63, 3.8) is 0 Å². The molecule has 3 nitrogen and oxygen atoms in total. The molecular weight excluding hydrogens is 166 g/mol. The Morgan fingerprint density at radius 3 is 3.00 bits per heavy atom. The molecule has 0 amide bonds. The van der Waals surface area contributed by atoms with Crippen molar-refractivity contribution in [1.29, 1.82) is 0 Å². The Balaban J connectivity index is 2.29. The fourth-order valence-electron chi connectivity index (χ4n) is 1.32. The van der Waals surface area contributed by atoms with Gasteiger partial charge >= 0.3 is 0 Å². The summed E-state index contributed by atoms with van der Waals surface area (Å²) in [4.78, 5) is 0. The fraction of sp³-hybridized carbons (Fsp3) is 0.400. The van der Waals surface area contributed by atoms with E-state index in [1.54, 1.807) is 0 Å². The van der Waals surface area contributed by atoms with Gasteiger partial charge in [-0.25, -0.2) is 0 Å². The van der Waals surface area contributed by atoms with Gasteiger partial charge in [-0.05, 0) is 6.07 Å². The normalized spacial score (nSPS) is 26.3. The Kier molecular flexibility index (Phi) is 1.98. The van der Waals surface area contributed by atoms with E-state index in [-0.39, 0.29) is 0 Å². The third-order valence-electron chi connectivity index (χ3n) is 2.20. The number of nitrogens with two attached hydrogens (primary N) is 1. The van der Waals surface area contributed by atoms with E-state index in [1.165, 1.54) is 0 Å². The van der Waals surface area contributed by atoms with Crippen LogP contribution in [-0.4, -0.2) is 12.3 Å². The van der Waals surface area contributed by atoms with Gasteiger partial charge in [-0.15, -0.1) is 0 Å². The van der Waals surface area contributed by atoms with Gasteiger partial charge in [0.1, 0.15) is 5.75 Å². The summed E-state index contributed by atoms with van der Waals surface area (Å²) in [7, 11) is 0. The van der Waals surface area contributed by atoms with Crippen LogP contribution in [0.2, 0.25) is 0 Å². The van der Waals surface area contributed by atoms with Gasteiger partial charge in [-0.2, -0.15) is 0 Å². The highest BCUT2D eigenvalue weighted by molar-refractivity contribution is 5.34. The second kappa shape index (κ2) is 3.01. The number of hydrogen-bond donors (Lipinski definition) is 1. The van der Waals surface area contributed by atoms with Gasteiger partial charge in [0, 0.05) is 12.5 Å². The van der Waals surface area contributed by atoms with Gasteiger partial charge in [0.05, 0.1) is 13.2 Å². The lowest BCUT2D eigenvalue weighted by Crippen LogP contribution is -2.45. The summed E-state index contributed by atoms with van der Waals surface area (Å²) in [6, 6.07) is 7.84. The van der Waals surface area contributed by atoms with Crippen molar-refractivity contribution >= 4 is 0 Å². The van der Waals surface area contributed by atoms with E-state index < -0.39 is 5.79 Å². The second-order valence-corrected chi connectivity index (χ2v) is 3.34. The van der Waals surface area contributed by atoms with Crippen LogP contribution >= 0.6 is 0 Å². The number of benzene rings is 1. The molecule has 0 saturated carbocycles.